The Morgan fingerprint density at radius 3 is 3.00 bits per heavy atom. The van der Waals surface area contributed by atoms with Crippen molar-refractivity contribution in [1.29, 1.82) is 0 Å². The van der Waals surface area contributed by atoms with E-state index in [1.54, 1.807) is 0 Å². The molecule has 2 unspecified atom stereocenters. The van der Waals surface area contributed by atoms with Gasteiger partial charge in [-0.1, -0.05) is 19.1 Å². The summed E-state index contributed by atoms with van der Waals surface area (Å²) in [5.41, 5.74) is 2.38. The Labute approximate surface area is 108 Å². The minimum absolute atomic E-state index is 0.408. The molecule has 96 valence electrons. The normalized spacial score (nSPS) is 24.6. The molecule has 1 fully saturated rings. The van der Waals surface area contributed by atoms with E-state index in [1.165, 1.54) is 24.2 Å². The molecule has 2 atom stereocenters. The van der Waals surface area contributed by atoms with E-state index in [2.05, 4.69) is 48.0 Å². The van der Waals surface area contributed by atoms with Crippen molar-refractivity contribution in [2.75, 3.05) is 6.54 Å². The molecular formula is C15H21N3. The van der Waals surface area contributed by atoms with E-state index >= 15 is 0 Å². The fourth-order valence-corrected chi connectivity index (χ4v) is 3.06. The number of aromatic nitrogens is 2. The first-order valence-electron chi connectivity index (χ1n) is 6.99. The molecule has 1 saturated heterocycles. The van der Waals surface area contributed by atoms with E-state index in [9.17, 15) is 0 Å². The molecule has 0 saturated carbocycles. The van der Waals surface area contributed by atoms with Crippen molar-refractivity contribution in [3.8, 4) is 0 Å². The zero-order valence-electron chi connectivity index (χ0n) is 11.2. The first-order chi connectivity index (χ1) is 8.81. The third-order valence-corrected chi connectivity index (χ3v) is 4.05. The molecule has 3 heteroatoms. The highest BCUT2D eigenvalue weighted by atomic mass is 15.1. The van der Waals surface area contributed by atoms with Gasteiger partial charge in [0.2, 0.25) is 0 Å². The molecule has 0 bridgehead atoms. The summed E-state index contributed by atoms with van der Waals surface area (Å²) < 4.78 is 2.36. The van der Waals surface area contributed by atoms with Crippen molar-refractivity contribution in [1.82, 2.24) is 14.9 Å². The van der Waals surface area contributed by atoms with E-state index in [4.69, 9.17) is 4.98 Å². The summed E-state index contributed by atoms with van der Waals surface area (Å²) in [6.07, 6.45) is 2.58. The molecule has 2 heterocycles. The van der Waals surface area contributed by atoms with Crippen LogP contribution >= 0.6 is 0 Å². The Morgan fingerprint density at radius 1 is 1.39 bits per heavy atom. The number of para-hydroxylation sites is 2. The molecule has 0 amide bonds. The molecular weight excluding hydrogens is 222 g/mol. The maximum absolute atomic E-state index is 4.86. The van der Waals surface area contributed by atoms with Crippen LogP contribution in [-0.4, -0.2) is 16.1 Å². The Morgan fingerprint density at radius 2 is 2.22 bits per heavy atom. The number of benzene rings is 1. The van der Waals surface area contributed by atoms with Crippen LogP contribution in [0.15, 0.2) is 24.3 Å². The molecule has 18 heavy (non-hydrogen) atoms. The maximum atomic E-state index is 4.86. The average molecular weight is 243 g/mol. The van der Waals surface area contributed by atoms with Crippen LogP contribution in [0.3, 0.4) is 0 Å². The van der Waals surface area contributed by atoms with Gasteiger partial charge in [0.1, 0.15) is 5.82 Å². The molecule has 0 radical (unpaired) electrons. The number of rotatable bonds is 2. The summed E-state index contributed by atoms with van der Waals surface area (Å²) >= 11 is 0. The fourth-order valence-electron chi connectivity index (χ4n) is 3.06. The van der Waals surface area contributed by atoms with Gasteiger partial charge in [0.05, 0.1) is 17.1 Å². The monoisotopic (exact) mass is 243 g/mol. The van der Waals surface area contributed by atoms with Gasteiger partial charge in [0, 0.05) is 6.54 Å². The largest absolute Gasteiger partial charge is 0.327 e. The van der Waals surface area contributed by atoms with Gasteiger partial charge in [-0.25, -0.2) is 4.98 Å². The summed E-state index contributed by atoms with van der Waals surface area (Å²) in [6.45, 7) is 6.63. The Hall–Kier alpha value is -1.35. The number of piperidine rings is 1. The van der Waals surface area contributed by atoms with Gasteiger partial charge in [0.25, 0.3) is 0 Å². The Kier molecular flexibility index (Phi) is 3.08. The molecule has 1 aromatic carbocycles. The molecule has 2 aromatic rings. The second-order valence-electron chi connectivity index (χ2n) is 5.25. The fraction of sp³-hybridized carbons (Fsp3) is 0.533. The van der Waals surface area contributed by atoms with Gasteiger partial charge in [-0.15, -0.1) is 0 Å². The SMILES string of the molecule is CCn1c(C2NCCCC2C)nc2ccccc21. The molecule has 1 N–H and O–H groups in total. The lowest BCUT2D eigenvalue weighted by molar-refractivity contribution is 0.289. The van der Waals surface area contributed by atoms with Crippen LogP contribution in [0.4, 0.5) is 0 Å². The topological polar surface area (TPSA) is 29.9 Å². The van der Waals surface area contributed by atoms with Crippen LogP contribution in [0.2, 0.25) is 0 Å². The number of nitrogens with one attached hydrogen (secondary N) is 1. The highest BCUT2D eigenvalue weighted by molar-refractivity contribution is 5.76. The van der Waals surface area contributed by atoms with Crippen molar-refractivity contribution in [3.63, 3.8) is 0 Å². The second kappa shape index (κ2) is 4.73. The third kappa shape index (κ3) is 1.83. The van der Waals surface area contributed by atoms with Crippen LogP contribution in [0.5, 0.6) is 0 Å². The molecule has 1 aliphatic heterocycles. The summed E-state index contributed by atoms with van der Waals surface area (Å²) in [6, 6.07) is 8.85. The second-order valence-corrected chi connectivity index (χ2v) is 5.25. The minimum atomic E-state index is 0.408. The number of nitrogens with zero attached hydrogens (tertiary/aromatic N) is 2. The van der Waals surface area contributed by atoms with Crippen LogP contribution in [0.1, 0.15) is 38.6 Å². The lowest BCUT2D eigenvalue weighted by atomic mass is 9.92. The number of imidazole rings is 1. The number of fused-ring (bicyclic) bond motifs is 1. The van der Waals surface area contributed by atoms with Crippen LogP contribution in [0, 0.1) is 5.92 Å². The summed E-state index contributed by atoms with van der Waals surface area (Å²) in [7, 11) is 0. The lowest BCUT2D eigenvalue weighted by Gasteiger charge is -2.29. The highest BCUT2D eigenvalue weighted by Crippen LogP contribution is 2.30. The van der Waals surface area contributed by atoms with Crippen molar-refractivity contribution in [2.45, 2.75) is 39.3 Å². The molecule has 1 aromatic heterocycles. The molecule has 0 aliphatic carbocycles. The van der Waals surface area contributed by atoms with Crippen LogP contribution < -0.4 is 5.32 Å². The number of hydrogen-bond acceptors (Lipinski definition) is 2. The van der Waals surface area contributed by atoms with Gasteiger partial charge in [0.15, 0.2) is 0 Å². The number of hydrogen-bond donors (Lipinski definition) is 1. The molecule has 3 rings (SSSR count). The summed E-state index contributed by atoms with van der Waals surface area (Å²) in [4.78, 5) is 4.86. The van der Waals surface area contributed by atoms with Crippen LogP contribution in [-0.2, 0) is 6.54 Å². The van der Waals surface area contributed by atoms with E-state index in [0.717, 1.165) is 18.6 Å². The van der Waals surface area contributed by atoms with Gasteiger partial charge >= 0.3 is 0 Å². The molecule has 0 spiro atoms. The minimum Gasteiger partial charge on any atom is -0.327 e. The predicted octanol–water partition coefficient (Wildman–Crippen LogP) is 3.12. The maximum Gasteiger partial charge on any atom is 0.127 e. The number of aryl methyl sites for hydroxylation is 1. The quantitative estimate of drug-likeness (QED) is 0.878. The first-order valence-corrected chi connectivity index (χ1v) is 6.99. The Bertz CT molecular complexity index is 544. The van der Waals surface area contributed by atoms with E-state index in [0.29, 0.717) is 12.0 Å². The van der Waals surface area contributed by atoms with E-state index in [1.807, 2.05) is 0 Å². The van der Waals surface area contributed by atoms with E-state index in [-0.39, 0.29) is 0 Å². The zero-order chi connectivity index (χ0) is 12.5. The summed E-state index contributed by atoms with van der Waals surface area (Å²) in [5.74, 6) is 1.88. The van der Waals surface area contributed by atoms with Gasteiger partial charge in [-0.2, -0.15) is 0 Å². The van der Waals surface area contributed by atoms with E-state index < -0.39 is 0 Å². The average Bonchev–Trinajstić information content (AvgIpc) is 2.77. The van der Waals surface area contributed by atoms with Crippen molar-refractivity contribution >= 4 is 11.0 Å². The van der Waals surface area contributed by atoms with Gasteiger partial charge in [-0.05, 0) is 44.4 Å². The molecule has 3 nitrogen and oxygen atoms in total. The first kappa shape index (κ1) is 11.7. The van der Waals surface area contributed by atoms with Crippen molar-refractivity contribution < 1.29 is 0 Å². The van der Waals surface area contributed by atoms with Gasteiger partial charge < -0.3 is 9.88 Å². The van der Waals surface area contributed by atoms with Crippen molar-refractivity contribution in [2.24, 2.45) is 5.92 Å². The van der Waals surface area contributed by atoms with Crippen molar-refractivity contribution in [3.05, 3.63) is 30.1 Å². The smallest absolute Gasteiger partial charge is 0.127 e. The van der Waals surface area contributed by atoms with Gasteiger partial charge in [-0.3, -0.25) is 0 Å². The Balaban J connectivity index is 2.10. The third-order valence-electron chi connectivity index (χ3n) is 4.05. The highest BCUT2D eigenvalue weighted by Gasteiger charge is 2.27. The summed E-state index contributed by atoms with van der Waals surface area (Å²) in [5, 5.41) is 3.64. The molecule has 1 aliphatic rings. The van der Waals surface area contributed by atoms with Crippen LogP contribution in [0.25, 0.3) is 11.0 Å². The standard InChI is InChI=1S/C15H21N3/c1-3-18-13-9-5-4-8-12(13)17-15(18)14-11(2)7-6-10-16-14/h4-5,8-9,11,14,16H,3,6-7,10H2,1-2H3. The zero-order valence-corrected chi connectivity index (χ0v) is 11.2. The predicted molar refractivity (Wildman–Crippen MR) is 74.5 cm³/mol. The lowest BCUT2D eigenvalue weighted by Crippen LogP contribution is -2.34.